The molecule has 0 aliphatic carbocycles. The van der Waals surface area contributed by atoms with Gasteiger partial charge in [-0.1, -0.05) is 6.08 Å². The van der Waals surface area contributed by atoms with Crippen molar-refractivity contribution in [1.82, 2.24) is 0 Å². The summed E-state index contributed by atoms with van der Waals surface area (Å²) < 4.78 is 4.63. The lowest BCUT2D eigenvalue weighted by Gasteiger charge is -1.94. The molecule has 5 heteroatoms. The third kappa shape index (κ3) is 24.7. The highest BCUT2D eigenvalue weighted by atomic mass is 16.5. The third-order valence-corrected chi connectivity index (χ3v) is 0.780. The Hall–Kier alpha value is -0.910. The van der Waals surface area contributed by atoms with Crippen molar-refractivity contribution in [3.8, 4) is 0 Å². The van der Waals surface area contributed by atoms with E-state index >= 15 is 0 Å². The fraction of sp³-hybridized carbons (Fsp3) is 0.625. The number of allylic oxidation sites excluding steroid dienone is 1. The lowest BCUT2D eigenvalue weighted by molar-refractivity contribution is -0.131. The van der Waals surface area contributed by atoms with Crippen LogP contribution in [0, 0.1) is 0 Å². The number of hydrogen-bond donors (Lipinski definition) is 3. The van der Waals surface area contributed by atoms with Gasteiger partial charge in [-0.05, 0) is 6.92 Å². The molecule has 0 heterocycles. The van der Waals surface area contributed by atoms with E-state index in [1.54, 1.807) is 6.92 Å². The Morgan fingerprint density at radius 3 is 1.92 bits per heavy atom. The first-order valence-electron chi connectivity index (χ1n) is 3.84. The average molecular weight is 192 g/mol. The van der Waals surface area contributed by atoms with Crippen LogP contribution in [0.4, 0.5) is 0 Å². The average Bonchev–Trinajstić information content (AvgIpc) is 2.06. The first-order chi connectivity index (χ1) is 6.18. The molecule has 0 spiro atoms. The maximum atomic E-state index is 9.51. The van der Waals surface area contributed by atoms with E-state index in [9.17, 15) is 4.79 Å². The molecular weight excluding hydrogens is 176 g/mol. The Kier molecular flexibility index (Phi) is 15.4. The molecule has 0 saturated carbocycles. The summed E-state index contributed by atoms with van der Waals surface area (Å²) >= 11 is 0. The van der Waals surface area contributed by atoms with Gasteiger partial charge in [-0.25, -0.2) is 4.79 Å². The van der Waals surface area contributed by atoms with Crippen LogP contribution in [0.1, 0.15) is 6.92 Å². The molecule has 0 saturated heterocycles. The molecule has 0 bridgehead atoms. The highest BCUT2D eigenvalue weighted by Gasteiger charge is 1.79. The highest BCUT2D eigenvalue weighted by Crippen LogP contribution is 1.68. The van der Waals surface area contributed by atoms with Gasteiger partial charge in [-0.3, -0.25) is 0 Å². The van der Waals surface area contributed by atoms with Crippen molar-refractivity contribution < 1.29 is 24.9 Å². The van der Waals surface area contributed by atoms with E-state index in [1.807, 2.05) is 0 Å². The molecule has 0 aliphatic heterocycles. The van der Waals surface area contributed by atoms with Gasteiger partial charge >= 0.3 is 5.97 Å². The highest BCUT2D eigenvalue weighted by molar-refractivity contribution is 5.79. The van der Waals surface area contributed by atoms with E-state index in [0.29, 0.717) is 13.2 Å². The van der Waals surface area contributed by atoms with Gasteiger partial charge in [0.05, 0.1) is 26.4 Å². The van der Waals surface area contributed by atoms with Gasteiger partial charge in [0.15, 0.2) is 0 Å². The molecule has 0 atom stereocenters. The molecule has 0 rings (SSSR count). The normalized spacial score (nSPS) is 9.46. The van der Waals surface area contributed by atoms with Crippen molar-refractivity contribution in [3.05, 3.63) is 12.2 Å². The van der Waals surface area contributed by atoms with Crippen LogP contribution >= 0.6 is 0 Å². The number of aliphatic hydroxyl groups excluding tert-OH is 2. The van der Waals surface area contributed by atoms with Crippen molar-refractivity contribution >= 4 is 5.97 Å². The van der Waals surface area contributed by atoms with E-state index in [-0.39, 0.29) is 13.2 Å². The molecular formula is C8H16O5. The summed E-state index contributed by atoms with van der Waals surface area (Å²) in [5.41, 5.74) is 0. The molecule has 0 unspecified atom stereocenters. The van der Waals surface area contributed by atoms with Crippen molar-refractivity contribution in [2.45, 2.75) is 6.92 Å². The Morgan fingerprint density at radius 1 is 1.31 bits per heavy atom. The zero-order valence-corrected chi connectivity index (χ0v) is 7.64. The lowest BCUT2D eigenvalue weighted by Crippen LogP contribution is -2.03. The molecule has 5 nitrogen and oxygen atoms in total. The summed E-state index contributed by atoms with van der Waals surface area (Å²) in [4.78, 5) is 9.51. The number of carboxylic acids is 1. The first kappa shape index (κ1) is 14.6. The summed E-state index contributed by atoms with van der Waals surface area (Å²) in [5, 5.41) is 24.0. The summed E-state index contributed by atoms with van der Waals surface area (Å²) in [6, 6.07) is 0. The smallest absolute Gasteiger partial charge is 0.327 e. The van der Waals surface area contributed by atoms with E-state index < -0.39 is 5.97 Å². The maximum absolute atomic E-state index is 9.51. The second-order valence-corrected chi connectivity index (χ2v) is 1.90. The molecule has 0 fully saturated rings. The fourth-order valence-electron chi connectivity index (χ4n) is 0.374. The number of aliphatic hydroxyl groups is 2. The molecule has 3 N–H and O–H groups in total. The van der Waals surface area contributed by atoms with Crippen LogP contribution in [-0.4, -0.2) is 47.7 Å². The monoisotopic (exact) mass is 192 g/mol. The van der Waals surface area contributed by atoms with Gasteiger partial charge < -0.3 is 20.1 Å². The third-order valence-electron chi connectivity index (χ3n) is 0.780. The Balaban J connectivity index is 0. The minimum absolute atomic E-state index is 0.0278. The molecule has 0 aromatic heterocycles. The van der Waals surface area contributed by atoms with Crippen LogP contribution in [-0.2, 0) is 9.53 Å². The van der Waals surface area contributed by atoms with Crippen LogP contribution < -0.4 is 0 Å². The number of aliphatic carboxylic acids is 1. The molecule has 0 amide bonds. The van der Waals surface area contributed by atoms with Crippen LogP contribution in [0.15, 0.2) is 12.2 Å². The van der Waals surface area contributed by atoms with Crippen LogP contribution in [0.2, 0.25) is 0 Å². The van der Waals surface area contributed by atoms with Gasteiger partial charge in [0.2, 0.25) is 0 Å². The number of hydrogen-bond acceptors (Lipinski definition) is 4. The van der Waals surface area contributed by atoms with Gasteiger partial charge in [0, 0.05) is 6.08 Å². The Labute approximate surface area is 77.3 Å². The van der Waals surface area contributed by atoms with Gasteiger partial charge in [-0.15, -0.1) is 0 Å². The number of carbonyl (C=O) groups is 1. The summed E-state index contributed by atoms with van der Waals surface area (Å²) in [5.74, 6) is -0.891. The summed E-state index contributed by atoms with van der Waals surface area (Å²) in [6.45, 7) is 2.36. The molecule has 0 aromatic carbocycles. The molecule has 0 radical (unpaired) electrons. The zero-order chi connectivity index (χ0) is 10.5. The van der Waals surface area contributed by atoms with Crippen LogP contribution in [0.3, 0.4) is 0 Å². The molecule has 13 heavy (non-hydrogen) atoms. The quantitative estimate of drug-likeness (QED) is 0.409. The van der Waals surface area contributed by atoms with E-state index in [4.69, 9.17) is 15.3 Å². The lowest BCUT2D eigenvalue weighted by atomic mass is 10.5. The zero-order valence-electron chi connectivity index (χ0n) is 7.64. The minimum Gasteiger partial charge on any atom is -0.478 e. The fourth-order valence-corrected chi connectivity index (χ4v) is 0.374. The van der Waals surface area contributed by atoms with Crippen molar-refractivity contribution in [3.63, 3.8) is 0 Å². The summed E-state index contributed by atoms with van der Waals surface area (Å²) in [6.07, 6.45) is 2.56. The number of ether oxygens (including phenoxy) is 1. The van der Waals surface area contributed by atoms with E-state index in [2.05, 4.69) is 4.74 Å². The Morgan fingerprint density at radius 2 is 1.77 bits per heavy atom. The van der Waals surface area contributed by atoms with Crippen LogP contribution in [0.5, 0.6) is 0 Å². The number of rotatable bonds is 5. The minimum atomic E-state index is -0.891. The number of carboxylic acid groups (broad SMARTS) is 1. The van der Waals surface area contributed by atoms with Crippen molar-refractivity contribution in [1.29, 1.82) is 0 Å². The van der Waals surface area contributed by atoms with E-state index in [0.717, 1.165) is 6.08 Å². The largest absolute Gasteiger partial charge is 0.478 e. The predicted octanol–water partition coefficient (Wildman–Crippen LogP) is -0.365. The molecule has 0 aliphatic rings. The van der Waals surface area contributed by atoms with Crippen LogP contribution in [0.25, 0.3) is 0 Å². The standard InChI is InChI=1S/C4H10O3.C4H6O2/c5-1-3-7-4-2-6;1-2-3-4(5)6/h5-6H,1-4H2;2-3H,1H3,(H,5,6). The van der Waals surface area contributed by atoms with Crippen molar-refractivity contribution in [2.24, 2.45) is 0 Å². The maximum Gasteiger partial charge on any atom is 0.327 e. The van der Waals surface area contributed by atoms with Gasteiger partial charge in [-0.2, -0.15) is 0 Å². The van der Waals surface area contributed by atoms with Gasteiger partial charge in [0.25, 0.3) is 0 Å². The summed E-state index contributed by atoms with van der Waals surface area (Å²) in [7, 11) is 0. The molecule has 78 valence electrons. The first-order valence-corrected chi connectivity index (χ1v) is 3.84. The second-order valence-electron chi connectivity index (χ2n) is 1.90. The topological polar surface area (TPSA) is 87.0 Å². The second kappa shape index (κ2) is 13.7. The van der Waals surface area contributed by atoms with Crippen molar-refractivity contribution in [2.75, 3.05) is 26.4 Å². The SMILES string of the molecule is CC=CC(=O)O.OCCOCCO. The van der Waals surface area contributed by atoms with E-state index in [1.165, 1.54) is 6.08 Å². The Bertz CT molecular complexity index is 128. The predicted molar refractivity (Wildman–Crippen MR) is 47.4 cm³/mol. The van der Waals surface area contributed by atoms with Gasteiger partial charge in [0.1, 0.15) is 0 Å². The molecule has 0 aromatic rings.